The van der Waals surface area contributed by atoms with Gasteiger partial charge in [-0.05, 0) is 73.8 Å². The lowest BCUT2D eigenvalue weighted by Gasteiger charge is -2.10. The van der Waals surface area contributed by atoms with Gasteiger partial charge < -0.3 is 16.0 Å². The van der Waals surface area contributed by atoms with E-state index in [1.54, 1.807) is 6.07 Å². The summed E-state index contributed by atoms with van der Waals surface area (Å²) in [7, 11) is 0. The zero-order chi connectivity index (χ0) is 19.1. The highest BCUT2D eigenvalue weighted by Crippen LogP contribution is 2.15. The summed E-state index contributed by atoms with van der Waals surface area (Å²) in [5, 5.41) is 9.02. The summed E-state index contributed by atoms with van der Waals surface area (Å²) < 4.78 is 13.0. The van der Waals surface area contributed by atoms with Crippen LogP contribution in [0.15, 0.2) is 48.5 Å². The molecule has 1 atom stereocenters. The number of nitrogens with one attached hydrogen (secondary N) is 3. The Morgan fingerprint density at radius 2 is 1.93 bits per heavy atom. The molecule has 7 heteroatoms. The number of hydrogen-bond donors (Lipinski definition) is 3. The van der Waals surface area contributed by atoms with Gasteiger partial charge in [-0.25, -0.2) is 4.39 Å². The second-order valence-electron chi connectivity index (χ2n) is 6.84. The van der Waals surface area contributed by atoms with Crippen LogP contribution < -0.4 is 16.0 Å². The van der Waals surface area contributed by atoms with Gasteiger partial charge in [-0.15, -0.1) is 12.4 Å². The number of rotatable bonds is 7. The molecule has 2 amide bonds. The Hall–Kier alpha value is -2.44. The van der Waals surface area contributed by atoms with Gasteiger partial charge in [0.1, 0.15) is 5.82 Å². The molecule has 1 aliphatic rings. The Morgan fingerprint density at radius 3 is 2.64 bits per heavy atom. The average Bonchev–Trinajstić information content (AvgIpc) is 3.19. The van der Waals surface area contributed by atoms with Crippen LogP contribution in [0.25, 0.3) is 0 Å². The molecule has 3 N–H and O–H groups in total. The highest BCUT2D eigenvalue weighted by atomic mass is 35.5. The molecule has 2 aromatic rings. The molecule has 0 saturated carbocycles. The largest absolute Gasteiger partial charge is 0.352 e. The van der Waals surface area contributed by atoms with Crippen molar-refractivity contribution in [2.45, 2.75) is 25.8 Å². The van der Waals surface area contributed by atoms with Crippen LogP contribution in [0.2, 0.25) is 0 Å². The Kier molecular flexibility index (Phi) is 8.42. The van der Waals surface area contributed by atoms with E-state index in [1.807, 2.05) is 18.2 Å². The standard InChI is InChI=1S/C21H24FN3O2.ClH/c22-18-7-5-17(6-8-18)21(27)25-19-3-1-2-16(12-19)14-24-20(26)9-4-15-10-11-23-13-15;/h1-3,5-8,12,15,23H,4,9-11,13-14H2,(H,24,26)(H,25,27);1H. The summed E-state index contributed by atoms with van der Waals surface area (Å²) in [5.41, 5.74) is 1.92. The van der Waals surface area contributed by atoms with Gasteiger partial charge in [0.15, 0.2) is 0 Å². The van der Waals surface area contributed by atoms with Crippen LogP contribution in [-0.4, -0.2) is 24.9 Å². The molecule has 1 heterocycles. The number of hydrogen-bond acceptors (Lipinski definition) is 3. The maximum atomic E-state index is 13.0. The van der Waals surface area contributed by atoms with Crippen molar-refractivity contribution in [2.24, 2.45) is 5.92 Å². The van der Waals surface area contributed by atoms with Crippen molar-refractivity contribution < 1.29 is 14.0 Å². The first-order valence-electron chi connectivity index (χ1n) is 9.23. The second kappa shape index (κ2) is 10.8. The molecule has 5 nitrogen and oxygen atoms in total. The number of anilines is 1. The van der Waals surface area contributed by atoms with E-state index in [2.05, 4.69) is 16.0 Å². The summed E-state index contributed by atoms with van der Waals surface area (Å²) in [5.74, 6) is -0.0433. The van der Waals surface area contributed by atoms with E-state index in [4.69, 9.17) is 0 Å². The molecule has 0 spiro atoms. The zero-order valence-electron chi connectivity index (χ0n) is 15.5. The predicted octanol–water partition coefficient (Wildman–Crippen LogP) is 3.51. The van der Waals surface area contributed by atoms with E-state index in [0.29, 0.717) is 30.1 Å². The smallest absolute Gasteiger partial charge is 0.255 e. The third-order valence-corrected chi connectivity index (χ3v) is 4.72. The maximum absolute atomic E-state index is 13.0. The van der Waals surface area contributed by atoms with E-state index in [-0.39, 0.29) is 30.0 Å². The second-order valence-corrected chi connectivity index (χ2v) is 6.84. The third kappa shape index (κ3) is 6.62. The monoisotopic (exact) mass is 405 g/mol. The number of halogens is 2. The molecule has 0 aromatic heterocycles. The summed E-state index contributed by atoms with van der Waals surface area (Å²) in [6, 6.07) is 12.7. The van der Waals surface area contributed by atoms with Gasteiger partial charge >= 0.3 is 0 Å². The van der Waals surface area contributed by atoms with Crippen LogP contribution in [0.3, 0.4) is 0 Å². The molecule has 0 radical (unpaired) electrons. The quantitative estimate of drug-likeness (QED) is 0.660. The fraction of sp³-hybridized carbons (Fsp3) is 0.333. The number of carbonyl (C=O) groups excluding carboxylic acids is 2. The molecule has 0 bridgehead atoms. The van der Waals surface area contributed by atoms with Crippen molar-refractivity contribution in [1.82, 2.24) is 10.6 Å². The first kappa shape index (κ1) is 21.9. The highest BCUT2D eigenvalue weighted by Gasteiger charge is 2.15. The topological polar surface area (TPSA) is 70.2 Å². The third-order valence-electron chi connectivity index (χ3n) is 4.72. The van der Waals surface area contributed by atoms with Crippen molar-refractivity contribution >= 4 is 29.9 Å². The van der Waals surface area contributed by atoms with E-state index >= 15 is 0 Å². The Balaban J connectivity index is 0.00000280. The lowest BCUT2D eigenvalue weighted by Crippen LogP contribution is -2.23. The average molecular weight is 406 g/mol. The minimum absolute atomic E-state index is 0. The minimum Gasteiger partial charge on any atom is -0.352 e. The SMILES string of the molecule is Cl.O=C(CCC1CCNC1)NCc1cccc(NC(=O)c2ccc(F)cc2)c1. The molecular weight excluding hydrogens is 381 g/mol. The van der Waals surface area contributed by atoms with Gasteiger partial charge in [-0.2, -0.15) is 0 Å². The van der Waals surface area contributed by atoms with Crippen molar-refractivity contribution in [1.29, 1.82) is 0 Å². The van der Waals surface area contributed by atoms with Crippen molar-refractivity contribution in [3.8, 4) is 0 Å². The molecule has 150 valence electrons. The summed E-state index contributed by atoms with van der Waals surface area (Å²) >= 11 is 0. The first-order valence-corrected chi connectivity index (χ1v) is 9.23. The van der Waals surface area contributed by atoms with Crippen LogP contribution in [0, 0.1) is 11.7 Å². The molecule has 1 unspecified atom stereocenters. The van der Waals surface area contributed by atoms with Crippen molar-refractivity contribution in [2.75, 3.05) is 18.4 Å². The van der Waals surface area contributed by atoms with Crippen molar-refractivity contribution in [3.05, 3.63) is 65.5 Å². The Morgan fingerprint density at radius 1 is 1.14 bits per heavy atom. The van der Waals surface area contributed by atoms with E-state index in [9.17, 15) is 14.0 Å². The fourth-order valence-corrected chi connectivity index (χ4v) is 3.15. The van der Waals surface area contributed by atoms with Crippen LogP contribution >= 0.6 is 12.4 Å². The lowest BCUT2D eigenvalue weighted by atomic mass is 10.0. The van der Waals surface area contributed by atoms with Crippen LogP contribution in [-0.2, 0) is 11.3 Å². The fourth-order valence-electron chi connectivity index (χ4n) is 3.15. The van der Waals surface area contributed by atoms with E-state index in [0.717, 1.165) is 31.5 Å². The van der Waals surface area contributed by atoms with E-state index in [1.165, 1.54) is 24.3 Å². The maximum Gasteiger partial charge on any atom is 0.255 e. The molecule has 3 rings (SSSR count). The van der Waals surface area contributed by atoms with Crippen LogP contribution in [0.4, 0.5) is 10.1 Å². The molecule has 1 saturated heterocycles. The summed E-state index contributed by atoms with van der Waals surface area (Å²) in [4.78, 5) is 24.2. The minimum atomic E-state index is -0.381. The predicted molar refractivity (Wildman–Crippen MR) is 110 cm³/mol. The van der Waals surface area contributed by atoms with Gasteiger partial charge in [0.25, 0.3) is 5.91 Å². The van der Waals surface area contributed by atoms with Gasteiger partial charge in [-0.3, -0.25) is 9.59 Å². The molecule has 2 aromatic carbocycles. The first-order chi connectivity index (χ1) is 13.1. The summed E-state index contributed by atoms with van der Waals surface area (Å²) in [6.07, 6.45) is 2.59. The van der Waals surface area contributed by atoms with Gasteiger partial charge in [-0.1, -0.05) is 12.1 Å². The van der Waals surface area contributed by atoms with Crippen molar-refractivity contribution in [3.63, 3.8) is 0 Å². The van der Waals surface area contributed by atoms with Gasteiger partial charge in [0.2, 0.25) is 5.91 Å². The molecule has 1 aliphatic heterocycles. The van der Waals surface area contributed by atoms with E-state index < -0.39 is 0 Å². The number of benzene rings is 2. The van der Waals surface area contributed by atoms with Gasteiger partial charge in [0.05, 0.1) is 0 Å². The molecular formula is C21H25ClFN3O2. The van der Waals surface area contributed by atoms with Crippen LogP contribution in [0.5, 0.6) is 0 Å². The molecule has 28 heavy (non-hydrogen) atoms. The zero-order valence-corrected chi connectivity index (χ0v) is 16.4. The molecule has 1 fully saturated rings. The molecule has 0 aliphatic carbocycles. The normalized spacial score (nSPS) is 15.5. The van der Waals surface area contributed by atoms with Crippen LogP contribution in [0.1, 0.15) is 35.2 Å². The van der Waals surface area contributed by atoms with Gasteiger partial charge in [0, 0.05) is 24.2 Å². The summed E-state index contributed by atoms with van der Waals surface area (Å²) in [6.45, 7) is 2.47. The highest BCUT2D eigenvalue weighted by molar-refractivity contribution is 6.04. The lowest BCUT2D eigenvalue weighted by molar-refractivity contribution is -0.121. The number of amides is 2. The Labute approximate surface area is 170 Å². The number of carbonyl (C=O) groups is 2. The Bertz CT molecular complexity index is 792.